The van der Waals surface area contributed by atoms with E-state index in [4.69, 9.17) is 0 Å². The second-order valence-electron chi connectivity index (χ2n) is 20.9. The van der Waals surface area contributed by atoms with Gasteiger partial charge in [0.05, 0.1) is 5.52 Å². The van der Waals surface area contributed by atoms with Crippen molar-refractivity contribution in [2.45, 2.75) is 71.6 Å². The van der Waals surface area contributed by atoms with Crippen molar-refractivity contribution in [1.82, 2.24) is 4.57 Å². The van der Waals surface area contributed by atoms with E-state index in [9.17, 15) is 0 Å². The van der Waals surface area contributed by atoms with Gasteiger partial charge in [0.25, 0.3) is 0 Å². The zero-order valence-electron chi connectivity index (χ0n) is 37.6. The molecular formula is C59H48BN2S2. The summed E-state index contributed by atoms with van der Waals surface area (Å²) in [5.74, 6) is 0. The lowest BCUT2D eigenvalue weighted by Crippen LogP contribution is -2.37. The molecule has 0 bridgehead atoms. The number of anilines is 2. The minimum Gasteiger partial charge on any atom is -0.355 e. The topological polar surface area (TPSA) is 17.0 Å². The van der Waals surface area contributed by atoms with Gasteiger partial charge in [0.1, 0.15) is 0 Å². The minimum atomic E-state index is -0.158. The van der Waals surface area contributed by atoms with E-state index in [2.05, 4.69) is 212 Å². The van der Waals surface area contributed by atoms with Crippen LogP contribution in [0.5, 0.6) is 0 Å². The highest BCUT2D eigenvalue weighted by atomic mass is 32.1. The predicted octanol–water partition coefficient (Wildman–Crippen LogP) is 15.8. The van der Waals surface area contributed by atoms with Crippen LogP contribution in [0.4, 0.5) is 11.4 Å². The molecule has 1 N–H and O–H groups in total. The maximum Gasteiger partial charge on any atom is 0.197 e. The molecule has 0 atom stereocenters. The molecule has 0 amide bonds. The van der Waals surface area contributed by atoms with E-state index in [-0.39, 0.29) is 16.2 Å². The third-order valence-corrected chi connectivity index (χ3v) is 16.8. The lowest BCUT2D eigenvalue weighted by molar-refractivity contribution is 0.589. The smallest absolute Gasteiger partial charge is 0.197 e. The monoisotopic (exact) mass is 859 g/mol. The minimum absolute atomic E-state index is 0.0388. The van der Waals surface area contributed by atoms with Gasteiger partial charge in [-0.2, -0.15) is 0 Å². The van der Waals surface area contributed by atoms with Crippen LogP contribution in [0.1, 0.15) is 77.6 Å². The zero-order chi connectivity index (χ0) is 43.6. The molecule has 0 saturated carbocycles. The van der Waals surface area contributed by atoms with Crippen molar-refractivity contribution < 1.29 is 0 Å². The predicted molar refractivity (Wildman–Crippen MR) is 282 cm³/mol. The fourth-order valence-corrected chi connectivity index (χ4v) is 13.3. The first kappa shape index (κ1) is 38.3. The molecule has 2 aliphatic rings. The van der Waals surface area contributed by atoms with E-state index in [0.29, 0.717) is 0 Å². The number of rotatable bonds is 3. The van der Waals surface area contributed by atoms with Gasteiger partial charge in [0.15, 0.2) is 7.28 Å². The van der Waals surface area contributed by atoms with E-state index in [1.165, 1.54) is 123 Å². The number of nitrogens with zero attached hydrogens (tertiary/aromatic N) is 1. The van der Waals surface area contributed by atoms with Crippen molar-refractivity contribution in [1.29, 1.82) is 0 Å². The second kappa shape index (κ2) is 13.0. The summed E-state index contributed by atoms with van der Waals surface area (Å²) in [6.45, 7) is 18.6. The summed E-state index contributed by atoms with van der Waals surface area (Å²) in [5, 5.41) is 11.9. The van der Waals surface area contributed by atoms with Crippen LogP contribution in [0.3, 0.4) is 0 Å². The van der Waals surface area contributed by atoms with E-state index in [1.54, 1.807) is 0 Å². The molecule has 0 unspecified atom stereocenters. The second-order valence-corrected chi connectivity index (χ2v) is 23.1. The molecule has 8 aromatic carbocycles. The lowest BCUT2D eigenvalue weighted by Gasteiger charge is -2.26. The Bertz CT molecular complexity index is 3820. The van der Waals surface area contributed by atoms with Gasteiger partial charge in [-0.05, 0) is 116 Å². The first-order chi connectivity index (χ1) is 30.7. The van der Waals surface area contributed by atoms with Crippen molar-refractivity contribution >= 4 is 114 Å². The third kappa shape index (κ3) is 5.44. The van der Waals surface area contributed by atoms with Crippen LogP contribution in [0.15, 0.2) is 140 Å². The summed E-state index contributed by atoms with van der Waals surface area (Å²) in [6, 6.07) is 53.8. The van der Waals surface area contributed by atoms with E-state index >= 15 is 0 Å². The number of fused-ring (bicyclic) bond motifs is 14. The molecule has 1 aliphatic carbocycles. The van der Waals surface area contributed by atoms with Gasteiger partial charge in [-0.1, -0.05) is 140 Å². The number of aromatic nitrogens is 1. The van der Waals surface area contributed by atoms with Gasteiger partial charge in [-0.15, -0.1) is 22.7 Å². The first-order valence-electron chi connectivity index (χ1n) is 22.7. The van der Waals surface area contributed by atoms with Crippen LogP contribution in [-0.4, -0.2) is 11.8 Å². The molecular weight excluding hydrogens is 812 g/mol. The van der Waals surface area contributed by atoms with Crippen molar-refractivity contribution in [2.24, 2.45) is 0 Å². The van der Waals surface area contributed by atoms with Crippen LogP contribution in [0.2, 0.25) is 0 Å². The summed E-state index contributed by atoms with van der Waals surface area (Å²) < 4.78 is 7.92. The van der Waals surface area contributed by atoms with Gasteiger partial charge < -0.3 is 9.88 Å². The van der Waals surface area contributed by atoms with Crippen molar-refractivity contribution in [2.75, 3.05) is 5.32 Å². The fraction of sp³-hybridized carbons (Fsp3) is 0.186. The molecule has 0 fully saturated rings. The Balaban J connectivity index is 1.11. The molecule has 5 heteroatoms. The van der Waals surface area contributed by atoms with Crippen molar-refractivity contribution in [3.63, 3.8) is 0 Å². The molecule has 0 saturated heterocycles. The number of hydrogen-bond donors (Lipinski definition) is 1. The van der Waals surface area contributed by atoms with E-state index in [1.807, 2.05) is 22.7 Å². The molecule has 309 valence electrons. The highest BCUT2D eigenvalue weighted by Crippen LogP contribution is 2.53. The highest BCUT2D eigenvalue weighted by Gasteiger charge is 2.38. The molecule has 64 heavy (non-hydrogen) atoms. The first-order valence-corrected chi connectivity index (χ1v) is 24.3. The maximum absolute atomic E-state index is 4.01. The van der Waals surface area contributed by atoms with Gasteiger partial charge in [-0.25, -0.2) is 0 Å². The average Bonchev–Trinajstić information content (AvgIpc) is 3.98. The SMILES string of the molecule is CC(C)(C)c1ccc(Nc2cc3c(cc2-c2ccc4c5cc6sc7ccccc7c6cc5n5c4c2[B]c2cc4sc6ccccc6c4cc2-5)-c2cc(C(C)(C)C)ccc2C3(C)C)cc1. The normalized spacial score (nSPS) is 14.2. The Morgan fingerprint density at radius 1 is 0.500 bits per heavy atom. The quantitative estimate of drug-likeness (QED) is 0.175. The van der Waals surface area contributed by atoms with Gasteiger partial charge in [0.2, 0.25) is 0 Å². The van der Waals surface area contributed by atoms with Gasteiger partial charge >= 0.3 is 0 Å². The molecule has 11 aromatic rings. The van der Waals surface area contributed by atoms with Crippen LogP contribution in [0, 0.1) is 0 Å². The average molecular weight is 860 g/mol. The third-order valence-electron chi connectivity index (χ3n) is 14.5. The van der Waals surface area contributed by atoms with Crippen molar-refractivity contribution in [3.05, 3.63) is 162 Å². The summed E-state index contributed by atoms with van der Waals surface area (Å²) in [5.41, 5.74) is 19.1. The standard InChI is InChI=1S/C59H48BN2S2/c1-57(2,3)32-17-20-34(21-18-32)61-48-30-46-40(39-25-33(58(4,5)6)19-24-45(39)59(46,7)8)26-41(48)37-22-23-38-42-29-53-43(35-13-9-11-15-51(35)63-53)27-49(42)62-50-28-44-36-14-10-12-16-52(36)64-54(44)31-47(50)60-55(37)56(38)62/h9-31,61H,1-8H3. The Hall–Kier alpha value is -6.14. The summed E-state index contributed by atoms with van der Waals surface area (Å²) in [6.07, 6.45) is 0. The molecule has 0 spiro atoms. The molecule has 3 aromatic heterocycles. The number of hydrogen-bond acceptors (Lipinski definition) is 3. The summed E-state index contributed by atoms with van der Waals surface area (Å²) in [4.78, 5) is 0. The van der Waals surface area contributed by atoms with Crippen LogP contribution >= 0.6 is 22.7 Å². The number of benzene rings is 8. The van der Waals surface area contributed by atoms with Gasteiger partial charge in [0, 0.05) is 84.7 Å². The molecule has 1 aliphatic heterocycles. The highest BCUT2D eigenvalue weighted by molar-refractivity contribution is 7.26. The number of nitrogens with one attached hydrogen (secondary N) is 1. The Labute approximate surface area is 383 Å². The fourth-order valence-electron chi connectivity index (χ4n) is 11.0. The van der Waals surface area contributed by atoms with Crippen molar-refractivity contribution in [3.8, 4) is 27.9 Å². The number of thiophene rings is 2. The largest absolute Gasteiger partial charge is 0.355 e. The molecule has 1 radical (unpaired) electrons. The summed E-state index contributed by atoms with van der Waals surface area (Å²) >= 11 is 3.80. The van der Waals surface area contributed by atoms with Crippen LogP contribution in [0.25, 0.3) is 90.1 Å². The Kier molecular flexibility index (Phi) is 7.78. The van der Waals surface area contributed by atoms with Crippen LogP contribution < -0.4 is 16.2 Å². The zero-order valence-corrected chi connectivity index (χ0v) is 39.3. The summed E-state index contributed by atoms with van der Waals surface area (Å²) in [7, 11) is 2.50. The van der Waals surface area contributed by atoms with E-state index < -0.39 is 0 Å². The Morgan fingerprint density at radius 2 is 1.14 bits per heavy atom. The van der Waals surface area contributed by atoms with Gasteiger partial charge in [-0.3, -0.25) is 0 Å². The molecule has 13 rings (SSSR count). The molecule has 2 nitrogen and oxygen atoms in total. The molecule has 4 heterocycles. The van der Waals surface area contributed by atoms with Crippen LogP contribution in [-0.2, 0) is 16.2 Å². The Morgan fingerprint density at radius 3 is 1.84 bits per heavy atom. The van der Waals surface area contributed by atoms with E-state index in [0.717, 1.165) is 11.4 Å². The maximum atomic E-state index is 4.01. The lowest BCUT2D eigenvalue weighted by atomic mass is 9.59.